The molecule has 0 unspecified atom stereocenters. The minimum absolute atomic E-state index is 0.211. The fourth-order valence-corrected chi connectivity index (χ4v) is 1.69. The van der Waals surface area contributed by atoms with Crippen LogP contribution < -0.4 is 24.7 Å². The Morgan fingerprint density at radius 2 is 2.05 bits per heavy atom. The van der Waals surface area contributed by atoms with Gasteiger partial charge in [-0.2, -0.15) is 4.98 Å². The van der Waals surface area contributed by atoms with Crippen LogP contribution in [-0.4, -0.2) is 23.9 Å². The summed E-state index contributed by atoms with van der Waals surface area (Å²) in [7, 11) is 1.47. The van der Waals surface area contributed by atoms with E-state index in [0.29, 0.717) is 23.0 Å². The number of ether oxygens (including phenoxy) is 4. The molecule has 2 heterocycles. The molecule has 7 heteroatoms. The van der Waals surface area contributed by atoms with E-state index in [0.717, 1.165) is 0 Å². The van der Waals surface area contributed by atoms with Gasteiger partial charge >= 0.3 is 0 Å². The molecule has 0 saturated heterocycles. The first-order valence-corrected chi connectivity index (χ1v) is 5.50. The van der Waals surface area contributed by atoms with Crippen LogP contribution in [0.3, 0.4) is 0 Å². The summed E-state index contributed by atoms with van der Waals surface area (Å²) >= 11 is 0. The third-order valence-electron chi connectivity index (χ3n) is 2.56. The fourth-order valence-electron chi connectivity index (χ4n) is 1.69. The maximum Gasteiger partial charge on any atom is 0.268 e. The molecule has 98 valence electrons. The summed E-state index contributed by atoms with van der Waals surface area (Å²) in [6, 6.07) is 5.21. The zero-order chi connectivity index (χ0) is 13.2. The Labute approximate surface area is 108 Å². The summed E-state index contributed by atoms with van der Waals surface area (Å²) in [5.41, 5.74) is 5.67. The average Bonchev–Trinajstić information content (AvgIpc) is 2.86. The van der Waals surface area contributed by atoms with E-state index in [2.05, 4.69) is 9.97 Å². The number of nitrogen functional groups attached to an aromatic ring is 1. The van der Waals surface area contributed by atoms with Crippen LogP contribution in [-0.2, 0) is 0 Å². The smallest absolute Gasteiger partial charge is 0.268 e. The van der Waals surface area contributed by atoms with Gasteiger partial charge in [0.15, 0.2) is 17.3 Å². The summed E-state index contributed by atoms with van der Waals surface area (Å²) in [5.74, 6) is 2.60. The lowest BCUT2D eigenvalue weighted by Gasteiger charge is -2.10. The first-order valence-electron chi connectivity index (χ1n) is 5.50. The number of methoxy groups -OCH3 is 1. The fraction of sp³-hybridized carbons (Fsp3) is 0.167. The molecule has 0 bridgehead atoms. The van der Waals surface area contributed by atoms with Gasteiger partial charge in [-0.05, 0) is 12.1 Å². The third-order valence-corrected chi connectivity index (χ3v) is 2.56. The molecular weight excluding hydrogens is 250 g/mol. The van der Waals surface area contributed by atoms with E-state index in [1.165, 1.54) is 13.4 Å². The first-order chi connectivity index (χ1) is 9.28. The largest absolute Gasteiger partial charge is 0.489 e. The molecule has 0 amide bonds. The van der Waals surface area contributed by atoms with Crippen molar-refractivity contribution in [3.8, 4) is 28.9 Å². The topological polar surface area (TPSA) is 88.7 Å². The van der Waals surface area contributed by atoms with Gasteiger partial charge < -0.3 is 24.7 Å². The standard InChI is InChI=1S/C12H11N3O4/c1-16-10-11(13)14-5-15-12(10)19-7-2-3-8-9(4-7)18-6-17-8/h2-5H,6H2,1H3,(H2,13,14,15). The van der Waals surface area contributed by atoms with Crippen LogP contribution in [0.4, 0.5) is 5.82 Å². The van der Waals surface area contributed by atoms with Gasteiger partial charge in [-0.15, -0.1) is 0 Å². The number of aromatic nitrogens is 2. The van der Waals surface area contributed by atoms with E-state index in [9.17, 15) is 0 Å². The quantitative estimate of drug-likeness (QED) is 0.897. The first kappa shape index (κ1) is 11.4. The van der Waals surface area contributed by atoms with Crippen molar-refractivity contribution < 1.29 is 18.9 Å². The molecule has 2 N–H and O–H groups in total. The molecule has 0 saturated carbocycles. The second-order valence-corrected chi connectivity index (χ2v) is 3.71. The van der Waals surface area contributed by atoms with Crippen molar-refractivity contribution in [1.29, 1.82) is 0 Å². The minimum Gasteiger partial charge on any atom is -0.489 e. The highest BCUT2D eigenvalue weighted by atomic mass is 16.7. The maximum atomic E-state index is 5.67. The van der Waals surface area contributed by atoms with Gasteiger partial charge in [-0.1, -0.05) is 0 Å². The van der Waals surface area contributed by atoms with Crippen LogP contribution in [0.2, 0.25) is 0 Å². The van der Waals surface area contributed by atoms with Crippen molar-refractivity contribution in [3.05, 3.63) is 24.5 Å². The summed E-state index contributed by atoms with van der Waals surface area (Å²) in [6.07, 6.45) is 1.31. The van der Waals surface area contributed by atoms with Crippen molar-refractivity contribution in [3.63, 3.8) is 0 Å². The Hall–Kier alpha value is -2.70. The Kier molecular flexibility index (Phi) is 2.71. The number of hydrogen-bond donors (Lipinski definition) is 1. The highest BCUT2D eigenvalue weighted by Crippen LogP contribution is 2.38. The molecule has 1 aromatic carbocycles. The number of nitrogens with zero attached hydrogens (tertiary/aromatic N) is 2. The molecular formula is C12H11N3O4. The van der Waals surface area contributed by atoms with Crippen LogP contribution in [0.1, 0.15) is 0 Å². The van der Waals surface area contributed by atoms with Crippen LogP contribution >= 0.6 is 0 Å². The van der Waals surface area contributed by atoms with Gasteiger partial charge in [0.25, 0.3) is 5.88 Å². The normalized spacial score (nSPS) is 12.3. The van der Waals surface area contributed by atoms with Crippen molar-refractivity contribution in [1.82, 2.24) is 9.97 Å². The van der Waals surface area contributed by atoms with Gasteiger partial charge in [-0.3, -0.25) is 0 Å². The van der Waals surface area contributed by atoms with Gasteiger partial charge in [0.05, 0.1) is 7.11 Å². The lowest BCUT2D eigenvalue weighted by Crippen LogP contribution is -2.00. The Morgan fingerprint density at radius 1 is 1.21 bits per heavy atom. The highest BCUT2D eigenvalue weighted by molar-refractivity contribution is 5.53. The van der Waals surface area contributed by atoms with Crippen molar-refractivity contribution >= 4 is 5.82 Å². The molecule has 0 atom stereocenters. The van der Waals surface area contributed by atoms with Crippen molar-refractivity contribution in [2.24, 2.45) is 0 Å². The molecule has 2 aromatic rings. The maximum absolute atomic E-state index is 5.67. The van der Waals surface area contributed by atoms with E-state index in [1.807, 2.05) is 0 Å². The van der Waals surface area contributed by atoms with Gasteiger partial charge in [-0.25, -0.2) is 4.98 Å². The van der Waals surface area contributed by atoms with Crippen LogP contribution in [0.15, 0.2) is 24.5 Å². The van der Waals surface area contributed by atoms with E-state index in [-0.39, 0.29) is 18.5 Å². The van der Waals surface area contributed by atoms with Crippen molar-refractivity contribution in [2.75, 3.05) is 19.6 Å². The number of hydrogen-bond acceptors (Lipinski definition) is 7. The third kappa shape index (κ3) is 2.05. The number of nitrogens with two attached hydrogens (primary N) is 1. The molecule has 0 spiro atoms. The monoisotopic (exact) mass is 261 g/mol. The summed E-state index contributed by atoms with van der Waals surface area (Å²) in [4.78, 5) is 7.82. The lowest BCUT2D eigenvalue weighted by atomic mass is 10.3. The Bertz CT molecular complexity index is 618. The SMILES string of the molecule is COc1c(N)ncnc1Oc1ccc2c(c1)OCO2. The number of anilines is 1. The van der Waals surface area contributed by atoms with Crippen molar-refractivity contribution in [2.45, 2.75) is 0 Å². The highest BCUT2D eigenvalue weighted by Gasteiger charge is 2.16. The number of benzene rings is 1. The zero-order valence-corrected chi connectivity index (χ0v) is 10.1. The Morgan fingerprint density at radius 3 is 2.89 bits per heavy atom. The van der Waals surface area contributed by atoms with Gasteiger partial charge in [0, 0.05) is 6.07 Å². The average molecular weight is 261 g/mol. The second-order valence-electron chi connectivity index (χ2n) is 3.71. The summed E-state index contributed by atoms with van der Waals surface area (Å²) < 4.78 is 21.2. The molecule has 3 rings (SSSR count). The molecule has 19 heavy (non-hydrogen) atoms. The predicted octanol–water partition coefficient (Wildman–Crippen LogP) is 1.59. The molecule has 0 aliphatic carbocycles. The molecule has 0 fully saturated rings. The summed E-state index contributed by atoms with van der Waals surface area (Å²) in [6.45, 7) is 0.211. The van der Waals surface area contributed by atoms with Crippen LogP contribution in [0.25, 0.3) is 0 Å². The lowest BCUT2D eigenvalue weighted by molar-refractivity contribution is 0.174. The van der Waals surface area contributed by atoms with Gasteiger partial charge in [0.2, 0.25) is 12.5 Å². The number of rotatable bonds is 3. The number of fused-ring (bicyclic) bond motifs is 1. The zero-order valence-electron chi connectivity index (χ0n) is 10.1. The van der Waals surface area contributed by atoms with Crippen LogP contribution in [0.5, 0.6) is 28.9 Å². The van der Waals surface area contributed by atoms with E-state index in [4.69, 9.17) is 24.7 Å². The molecule has 0 radical (unpaired) electrons. The summed E-state index contributed by atoms with van der Waals surface area (Å²) in [5, 5.41) is 0. The molecule has 7 nitrogen and oxygen atoms in total. The minimum atomic E-state index is 0.211. The van der Waals surface area contributed by atoms with Crippen LogP contribution in [0, 0.1) is 0 Å². The molecule has 1 aromatic heterocycles. The predicted molar refractivity (Wildman–Crippen MR) is 65.6 cm³/mol. The molecule has 1 aliphatic heterocycles. The van der Waals surface area contributed by atoms with E-state index < -0.39 is 0 Å². The second kappa shape index (κ2) is 4.52. The van der Waals surface area contributed by atoms with E-state index in [1.54, 1.807) is 18.2 Å². The Balaban J connectivity index is 1.91. The van der Waals surface area contributed by atoms with E-state index >= 15 is 0 Å². The molecule has 1 aliphatic rings. The van der Waals surface area contributed by atoms with Gasteiger partial charge in [0.1, 0.15) is 12.1 Å².